The highest BCUT2D eigenvalue weighted by molar-refractivity contribution is 5.85. The Morgan fingerprint density at radius 2 is 2.53 bits per heavy atom. The minimum atomic E-state index is -1.12. The van der Waals surface area contributed by atoms with Crippen LogP contribution < -0.4 is 5.32 Å². The van der Waals surface area contributed by atoms with Gasteiger partial charge in [-0.05, 0) is 6.92 Å². The molecule has 0 spiro atoms. The number of nitrogens with one attached hydrogen (secondary N) is 1. The molecule has 7 heteroatoms. The maximum Gasteiger partial charge on any atom is 0.358 e. The zero-order chi connectivity index (χ0) is 12.4. The van der Waals surface area contributed by atoms with Crippen LogP contribution in [0.1, 0.15) is 23.2 Å². The van der Waals surface area contributed by atoms with Crippen molar-refractivity contribution in [3.05, 3.63) is 17.5 Å². The van der Waals surface area contributed by atoms with E-state index in [-0.39, 0.29) is 17.6 Å². The number of carboxylic acids is 1. The van der Waals surface area contributed by atoms with Crippen molar-refractivity contribution >= 4 is 11.9 Å². The summed E-state index contributed by atoms with van der Waals surface area (Å²) in [7, 11) is 0. The second-order valence-corrected chi connectivity index (χ2v) is 3.92. The zero-order valence-corrected chi connectivity index (χ0v) is 9.34. The van der Waals surface area contributed by atoms with Crippen LogP contribution in [-0.2, 0) is 11.3 Å². The molecule has 17 heavy (non-hydrogen) atoms. The van der Waals surface area contributed by atoms with Crippen LogP contribution in [0.2, 0.25) is 0 Å². The molecule has 1 aliphatic rings. The lowest BCUT2D eigenvalue weighted by molar-refractivity contribution is -0.128. The molecule has 0 bridgehead atoms. The predicted octanol–water partition coefficient (Wildman–Crippen LogP) is -0.307. The average Bonchev–Trinajstić information content (AvgIpc) is 2.73. The number of aromatic carboxylic acids is 1. The van der Waals surface area contributed by atoms with Gasteiger partial charge in [-0.15, -0.1) is 0 Å². The van der Waals surface area contributed by atoms with Gasteiger partial charge in [0.1, 0.15) is 0 Å². The first-order chi connectivity index (χ1) is 8.08. The number of piperazine rings is 1. The van der Waals surface area contributed by atoms with Crippen LogP contribution in [0.25, 0.3) is 0 Å². The molecular formula is C10H13N3O4. The van der Waals surface area contributed by atoms with Gasteiger partial charge in [-0.3, -0.25) is 9.69 Å². The van der Waals surface area contributed by atoms with Gasteiger partial charge in [0, 0.05) is 19.2 Å². The maximum absolute atomic E-state index is 11.4. The molecule has 0 radical (unpaired) electrons. The molecule has 1 aliphatic heterocycles. The second-order valence-electron chi connectivity index (χ2n) is 3.92. The Morgan fingerprint density at radius 1 is 1.76 bits per heavy atom. The summed E-state index contributed by atoms with van der Waals surface area (Å²) in [6, 6.07) is 1.13. The molecule has 2 N–H and O–H groups in total. The fourth-order valence-corrected chi connectivity index (χ4v) is 1.73. The van der Waals surface area contributed by atoms with Gasteiger partial charge in [-0.2, -0.15) is 0 Å². The number of carbonyl (C=O) groups excluding carboxylic acids is 1. The van der Waals surface area contributed by atoms with E-state index in [1.54, 1.807) is 6.92 Å². The Morgan fingerprint density at radius 3 is 3.18 bits per heavy atom. The van der Waals surface area contributed by atoms with Crippen molar-refractivity contribution in [2.75, 3.05) is 13.1 Å². The largest absolute Gasteiger partial charge is 0.476 e. The summed E-state index contributed by atoms with van der Waals surface area (Å²) in [6.45, 7) is 3.47. The quantitative estimate of drug-likeness (QED) is 0.751. The van der Waals surface area contributed by atoms with Gasteiger partial charge in [-0.1, -0.05) is 5.16 Å². The van der Waals surface area contributed by atoms with Gasteiger partial charge < -0.3 is 14.9 Å². The highest BCUT2D eigenvalue weighted by Crippen LogP contribution is 2.12. The van der Waals surface area contributed by atoms with E-state index in [1.807, 2.05) is 4.90 Å². The van der Waals surface area contributed by atoms with Gasteiger partial charge >= 0.3 is 5.97 Å². The van der Waals surface area contributed by atoms with E-state index in [4.69, 9.17) is 9.63 Å². The van der Waals surface area contributed by atoms with Crippen molar-refractivity contribution in [3.8, 4) is 0 Å². The highest BCUT2D eigenvalue weighted by atomic mass is 16.5. The van der Waals surface area contributed by atoms with Gasteiger partial charge in [0.05, 0.1) is 12.6 Å². The number of aromatic nitrogens is 1. The van der Waals surface area contributed by atoms with Crippen LogP contribution in [0.15, 0.2) is 10.6 Å². The molecule has 1 unspecified atom stereocenters. The Hall–Kier alpha value is -1.89. The Labute approximate surface area is 97.4 Å². The van der Waals surface area contributed by atoms with Crippen molar-refractivity contribution in [2.45, 2.75) is 19.5 Å². The number of amides is 1. The molecule has 1 aromatic heterocycles. The SMILES string of the molecule is CC1C(=O)NCCN1Cc1cc(C(=O)O)no1. The van der Waals surface area contributed by atoms with Crippen molar-refractivity contribution < 1.29 is 19.2 Å². The van der Waals surface area contributed by atoms with E-state index in [2.05, 4.69) is 10.5 Å². The smallest absolute Gasteiger partial charge is 0.358 e. The number of nitrogens with zero attached hydrogens (tertiary/aromatic N) is 2. The number of hydrogen-bond acceptors (Lipinski definition) is 5. The summed E-state index contributed by atoms with van der Waals surface area (Å²) in [5, 5.41) is 14.9. The van der Waals surface area contributed by atoms with Crippen molar-refractivity contribution in [3.63, 3.8) is 0 Å². The number of carbonyl (C=O) groups is 2. The Bertz CT molecular complexity index is 443. The van der Waals surface area contributed by atoms with Crippen molar-refractivity contribution in [2.24, 2.45) is 0 Å². The van der Waals surface area contributed by atoms with Crippen molar-refractivity contribution in [1.82, 2.24) is 15.4 Å². The Balaban J connectivity index is 2.04. The van der Waals surface area contributed by atoms with Crippen LogP contribution in [0.5, 0.6) is 0 Å². The molecule has 7 nitrogen and oxygen atoms in total. The lowest BCUT2D eigenvalue weighted by Gasteiger charge is -2.31. The molecule has 2 heterocycles. The lowest BCUT2D eigenvalue weighted by atomic mass is 10.2. The standard InChI is InChI=1S/C10H13N3O4/c1-6-9(14)11-2-3-13(6)5-7-4-8(10(15)16)12-17-7/h4,6H,2-3,5H2,1H3,(H,11,14)(H,15,16). The minimum absolute atomic E-state index is 0.0331. The van der Waals surface area contributed by atoms with Crippen LogP contribution in [0.3, 0.4) is 0 Å². The van der Waals surface area contributed by atoms with E-state index in [1.165, 1.54) is 6.07 Å². The van der Waals surface area contributed by atoms with Gasteiger partial charge in [0.2, 0.25) is 5.91 Å². The first-order valence-corrected chi connectivity index (χ1v) is 5.28. The van der Waals surface area contributed by atoms with E-state index in [9.17, 15) is 9.59 Å². The fourth-order valence-electron chi connectivity index (χ4n) is 1.73. The third-order valence-electron chi connectivity index (χ3n) is 2.76. The molecule has 0 aliphatic carbocycles. The number of rotatable bonds is 3. The molecule has 2 rings (SSSR count). The summed E-state index contributed by atoms with van der Waals surface area (Å²) in [4.78, 5) is 23.9. The normalized spacial score (nSPS) is 21.2. The van der Waals surface area contributed by atoms with Crippen molar-refractivity contribution in [1.29, 1.82) is 0 Å². The van der Waals surface area contributed by atoms with Crippen LogP contribution in [-0.4, -0.2) is 46.2 Å². The highest BCUT2D eigenvalue weighted by Gasteiger charge is 2.26. The molecular weight excluding hydrogens is 226 g/mol. The summed E-state index contributed by atoms with van der Waals surface area (Å²) in [5.41, 5.74) is -0.117. The predicted molar refractivity (Wildman–Crippen MR) is 56.3 cm³/mol. The number of carboxylic acid groups (broad SMARTS) is 1. The van der Waals surface area contributed by atoms with Gasteiger partial charge in [0.15, 0.2) is 11.5 Å². The molecule has 1 saturated heterocycles. The molecule has 92 valence electrons. The molecule has 0 saturated carbocycles. The zero-order valence-electron chi connectivity index (χ0n) is 9.34. The monoisotopic (exact) mass is 239 g/mol. The summed E-state index contributed by atoms with van der Waals surface area (Å²) < 4.78 is 4.91. The summed E-state index contributed by atoms with van der Waals surface area (Å²) in [5.74, 6) is -0.706. The molecule has 1 aromatic rings. The maximum atomic E-state index is 11.4. The van der Waals surface area contributed by atoms with E-state index in [0.717, 1.165) is 0 Å². The second kappa shape index (κ2) is 4.54. The average molecular weight is 239 g/mol. The summed E-state index contributed by atoms with van der Waals surface area (Å²) in [6.07, 6.45) is 0. The van der Waals surface area contributed by atoms with Crippen LogP contribution >= 0.6 is 0 Å². The molecule has 0 aromatic carbocycles. The molecule has 1 atom stereocenters. The third-order valence-corrected chi connectivity index (χ3v) is 2.76. The summed E-state index contributed by atoms with van der Waals surface area (Å²) >= 11 is 0. The van der Waals surface area contributed by atoms with Crippen LogP contribution in [0, 0.1) is 0 Å². The minimum Gasteiger partial charge on any atom is -0.476 e. The first kappa shape index (κ1) is 11.6. The first-order valence-electron chi connectivity index (χ1n) is 5.28. The fraction of sp³-hybridized carbons (Fsp3) is 0.500. The van der Waals surface area contributed by atoms with E-state index in [0.29, 0.717) is 25.4 Å². The molecule has 1 amide bonds. The van der Waals surface area contributed by atoms with E-state index >= 15 is 0 Å². The molecule has 1 fully saturated rings. The van der Waals surface area contributed by atoms with Crippen LogP contribution in [0.4, 0.5) is 0 Å². The lowest BCUT2D eigenvalue weighted by Crippen LogP contribution is -2.53. The topological polar surface area (TPSA) is 95.7 Å². The van der Waals surface area contributed by atoms with E-state index < -0.39 is 5.97 Å². The Kier molecular flexibility index (Phi) is 3.10. The number of hydrogen-bond donors (Lipinski definition) is 2. The third kappa shape index (κ3) is 2.44. The van der Waals surface area contributed by atoms with Gasteiger partial charge in [-0.25, -0.2) is 4.79 Å². The van der Waals surface area contributed by atoms with Gasteiger partial charge in [0.25, 0.3) is 0 Å².